The third kappa shape index (κ3) is 10.2. The summed E-state index contributed by atoms with van der Waals surface area (Å²) in [5.74, 6) is -0.0673. The summed E-state index contributed by atoms with van der Waals surface area (Å²) >= 11 is 0. The van der Waals surface area contributed by atoms with Gasteiger partial charge in [-0.05, 0) is 72.8 Å². The Balaban J connectivity index is 0.000000166. The van der Waals surface area contributed by atoms with E-state index in [0.717, 1.165) is 0 Å². The zero-order valence-corrected chi connectivity index (χ0v) is 29.4. The smallest absolute Gasteiger partial charge is 0.424 e. The van der Waals surface area contributed by atoms with Gasteiger partial charge in [0.15, 0.2) is 22.8 Å². The molecule has 0 saturated carbocycles. The van der Waals surface area contributed by atoms with E-state index in [2.05, 4.69) is 39.6 Å². The molecule has 0 radical (unpaired) electrons. The van der Waals surface area contributed by atoms with E-state index in [-0.39, 0.29) is 42.6 Å². The molecule has 1 aliphatic rings. The predicted octanol–water partition coefficient (Wildman–Crippen LogP) is 5.15. The zero-order chi connectivity index (χ0) is 40.9. The van der Waals surface area contributed by atoms with Crippen LogP contribution in [0, 0.1) is 0 Å². The zero-order valence-electron chi connectivity index (χ0n) is 29.4. The molecule has 5 aromatic heterocycles. The van der Waals surface area contributed by atoms with Gasteiger partial charge in [0, 0.05) is 25.2 Å². The van der Waals surface area contributed by atoms with Crippen molar-refractivity contribution in [1.29, 1.82) is 0 Å². The molecule has 2 aromatic carbocycles. The second-order valence-corrected chi connectivity index (χ2v) is 11.7. The summed E-state index contributed by atoms with van der Waals surface area (Å²) in [5.41, 5.74) is 3.27. The van der Waals surface area contributed by atoms with Gasteiger partial charge in [0.05, 0.1) is 30.0 Å². The van der Waals surface area contributed by atoms with Crippen LogP contribution in [0.25, 0.3) is 33.7 Å². The molecule has 7 aromatic rings. The Bertz CT molecular complexity index is 2550. The summed E-state index contributed by atoms with van der Waals surface area (Å²) in [4.78, 5) is 39.8. The lowest BCUT2D eigenvalue weighted by atomic mass is 10.1. The van der Waals surface area contributed by atoms with E-state index in [4.69, 9.17) is 14.3 Å². The van der Waals surface area contributed by atoms with Crippen molar-refractivity contribution in [1.82, 2.24) is 44.1 Å². The van der Waals surface area contributed by atoms with E-state index in [1.54, 1.807) is 38.4 Å². The summed E-state index contributed by atoms with van der Waals surface area (Å²) in [6.07, 6.45) is -6.60. The van der Waals surface area contributed by atoms with Crippen molar-refractivity contribution in [2.24, 2.45) is 14.1 Å². The van der Waals surface area contributed by atoms with Crippen LogP contribution in [0.15, 0.2) is 94.7 Å². The quantitative estimate of drug-likeness (QED) is 0.165. The highest BCUT2D eigenvalue weighted by atomic mass is 19.4. The van der Waals surface area contributed by atoms with Crippen molar-refractivity contribution < 1.29 is 54.9 Å². The predicted molar refractivity (Wildman–Crippen MR) is 183 cm³/mol. The van der Waals surface area contributed by atoms with Gasteiger partial charge in [-0.15, -0.1) is 26.3 Å². The lowest BCUT2D eigenvalue weighted by Crippen LogP contribution is -2.18. The Hall–Kier alpha value is -7.10. The standard InChI is InChI=1S/C17H12F3N5O3.C14H8F3NO3.C4H7N3O/c1-24-14(21-9-22-24)8-25-15-13(27-16(25)26)7-6-12(23-15)10-2-4-11(5-3-10)28-17(18,19)20;15-14(16,17)21-9-3-1-8(2-4-9)10-5-6-12-11(18-10)7-13(19)20-12;1-7-4(2-8)5-3-6-7/h2-7,9H,8H2,1H3;1-6H,7H2;3,8H,2H2,1H3. The maximum absolute atomic E-state index is 12.3. The van der Waals surface area contributed by atoms with Crippen LogP contribution >= 0.6 is 0 Å². The normalized spacial score (nSPS) is 12.3. The lowest BCUT2D eigenvalue weighted by molar-refractivity contribution is -0.275. The second kappa shape index (κ2) is 16.3. The van der Waals surface area contributed by atoms with Gasteiger partial charge in [0.25, 0.3) is 0 Å². The van der Waals surface area contributed by atoms with Crippen molar-refractivity contribution in [2.45, 2.75) is 32.3 Å². The number of hydrogen-bond acceptors (Lipinski definition) is 13. The fourth-order valence-electron chi connectivity index (χ4n) is 5.13. The number of fused-ring (bicyclic) bond motifs is 2. The summed E-state index contributed by atoms with van der Waals surface area (Å²) < 4.78 is 95.2. The molecule has 8 rings (SSSR count). The first-order chi connectivity index (χ1) is 27.0. The summed E-state index contributed by atoms with van der Waals surface area (Å²) in [7, 11) is 3.43. The molecule has 0 spiro atoms. The highest BCUT2D eigenvalue weighted by Crippen LogP contribution is 2.30. The highest BCUT2D eigenvalue weighted by Gasteiger charge is 2.32. The van der Waals surface area contributed by atoms with Gasteiger partial charge in [-0.2, -0.15) is 10.2 Å². The molecule has 22 heteroatoms. The molecule has 0 saturated heterocycles. The Kier molecular flexibility index (Phi) is 11.3. The largest absolute Gasteiger partial charge is 0.573 e. The number of halogens is 6. The summed E-state index contributed by atoms with van der Waals surface area (Å²) in [6, 6.07) is 17.1. The second-order valence-electron chi connectivity index (χ2n) is 11.7. The number of rotatable bonds is 7. The Labute approximate surface area is 315 Å². The van der Waals surface area contributed by atoms with Gasteiger partial charge < -0.3 is 23.7 Å². The number of aryl methyl sites for hydroxylation is 2. The van der Waals surface area contributed by atoms with E-state index in [9.17, 15) is 35.9 Å². The first-order valence-electron chi connectivity index (χ1n) is 16.2. The van der Waals surface area contributed by atoms with Gasteiger partial charge in [-0.3, -0.25) is 18.7 Å². The van der Waals surface area contributed by atoms with Crippen LogP contribution in [0.4, 0.5) is 26.3 Å². The number of carbonyl (C=O) groups is 1. The highest BCUT2D eigenvalue weighted by molar-refractivity contribution is 5.80. The van der Waals surface area contributed by atoms with Crippen LogP contribution in [-0.2, 0) is 38.5 Å². The van der Waals surface area contributed by atoms with Crippen LogP contribution in [0.1, 0.15) is 17.3 Å². The number of esters is 1. The number of pyridine rings is 2. The molecule has 0 atom stereocenters. The molecule has 0 fully saturated rings. The molecule has 16 nitrogen and oxygen atoms in total. The van der Waals surface area contributed by atoms with Gasteiger partial charge in [-0.25, -0.2) is 24.7 Å². The molecular formula is C35H27F6N9O7. The first-order valence-corrected chi connectivity index (χ1v) is 16.2. The van der Waals surface area contributed by atoms with Crippen molar-refractivity contribution in [2.75, 3.05) is 0 Å². The topological polar surface area (TPSA) is 187 Å². The van der Waals surface area contributed by atoms with Crippen molar-refractivity contribution in [3.05, 3.63) is 113 Å². The molecule has 296 valence electrons. The summed E-state index contributed by atoms with van der Waals surface area (Å²) in [6.45, 7) is 0.0631. The third-order valence-electron chi connectivity index (χ3n) is 7.80. The van der Waals surface area contributed by atoms with Gasteiger partial charge in [-0.1, -0.05) is 0 Å². The number of carbonyl (C=O) groups excluding carboxylic acids is 1. The maximum Gasteiger partial charge on any atom is 0.573 e. The van der Waals surface area contributed by atoms with Gasteiger partial charge >= 0.3 is 24.5 Å². The minimum Gasteiger partial charge on any atom is -0.424 e. The first kappa shape index (κ1) is 39.6. The number of nitrogens with zero attached hydrogens (tertiary/aromatic N) is 9. The van der Waals surface area contributed by atoms with E-state index >= 15 is 0 Å². The molecule has 1 aliphatic heterocycles. The number of aliphatic hydroxyl groups excluding tert-OH is 1. The van der Waals surface area contributed by atoms with E-state index in [0.29, 0.717) is 51.3 Å². The van der Waals surface area contributed by atoms with Crippen molar-refractivity contribution in [3.63, 3.8) is 0 Å². The Morgan fingerprint density at radius 1 is 0.719 bits per heavy atom. The molecule has 6 heterocycles. The molecule has 57 heavy (non-hydrogen) atoms. The van der Waals surface area contributed by atoms with Crippen molar-refractivity contribution in [3.8, 4) is 39.8 Å². The molecule has 1 N–H and O–H groups in total. The fourth-order valence-corrected chi connectivity index (χ4v) is 5.13. The maximum atomic E-state index is 12.3. The Morgan fingerprint density at radius 3 is 1.74 bits per heavy atom. The van der Waals surface area contributed by atoms with Crippen LogP contribution < -0.4 is 20.0 Å². The van der Waals surface area contributed by atoms with Crippen LogP contribution in [0.2, 0.25) is 0 Å². The molecule has 0 amide bonds. The van der Waals surface area contributed by atoms with E-state index < -0.39 is 18.5 Å². The van der Waals surface area contributed by atoms with E-state index in [1.807, 2.05) is 0 Å². The number of ether oxygens (including phenoxy) is 3. The monoisotopic (exact) mass is 799 g/mol. The molecule has 0 unspecified atom stereocenters. The molecular weight excluding hydrogens is 772 g/mol. The van der Waals surface area contributed by atoms with Crippen LogP contribution in [-0.4, -0.2) is 67.9 Å². The SMILES string of the molecule is Cn1ncnc1CO.Cn1ncnc1Cn1c(=O)oc2ccc(-c3ccc(OC(F)(F)F)cc3)nc21.O=C1Cc2nc(-c3ccc(OC(F)(F)F)cc3)ccc2O1. The number of aliphatic hydroxyl groups is 1. The summed E-state index contributed by atoms with van der Waals surface area (Å²) in [5, 5.41) is 16.2. The number of benzene rings is 2. The third-order valence-corrected chi connectivity index (χ3v) is 7.80. The number of oxazole rings is 1. The fraction of sp³-hybridized carbons (Fsp3) is 0.200. The van der Waals surface area contributed by atoms with E-state index in [1.165, 1.54) is 75.1 Å². The van der Waals surface area contributed by atoms with Crippen molar-refractivity contribution >= 4 is 17.2 Å². The lowest BCUT2D eigenvalue weighted by Gasteiger charge is -2.09. The Morgan fingerprint density at radius 2 is 1.25 bits per heavy atom. The number of hydrogen-bond donors (Lipinski definition) is 1. The average Bonchev–Trinajstić information content (AvgIpc) is 3.94. The number of alkyl halides is 6. The van der Waals surface area contributed by atoms with Gasteiger partial charge in [0.2, 0.25) is 0 Å². The minimum absolute atomic E-state index is 0.0451. The number of aromatic nitrogens is 9. The minimum atomic E-state index is -4.76. The molecule has 0 aliphatic carbocycles. The average molecular weight is 800 g/mol. The van der Waals surface area contributed by atoms with Crippen LogP contribution in [0.5, 0.6) is 17.2 Å². The molecule has 0 bridgehead atoms. The van der Waals surface area contributed by atoms with Gasteiger partial charge in [0.1, 0.15) is 36.6 Å². The van der Waals surface area contributed by atoms with Crippen LogP contribution in [0.3, 0.4) is 0 Å².